The number of phenols is 1. The van der Waals surface area contributed by atoms with E-state index in [1.807, 2.05) is 12.1 Å². The van der Waals surface area contributed by atoms with Gasteiger partial charge in [0.25, 0.3) is 5.91 Å². The Bertz CT molecular complexity index is 2260. The van der Waals surface area contributed by atoms with Crippen LogP contribution in [0, 0.1) is 18.7 Å². The molecule has 3 unspecified atom stereocenters. The van der Waals surface area contributed by atoms with Gasteiger partial charge in [0.15, 0.2) is 11.6 Å². The molecule has 3 aromatic rings. The van der Waals surface area contributed by atoms with Gasteiger partial charge in [0.2, 0.25) is 18.7 Å². The van der Waals surface area contributed by atoms with Crippen molar-refractivity contribution >= 4 is 29.1 Å². The molecule has 3 atom stereocenters. The molecule has 324 valence electrons. The van der Waals surface area contributed by atoms with E-state index in [1.165, 1.54) is 28.8 Å². The Morgan fingerprint density at radius 1 is 0.984 bits per heavy atom. The number of rotatable bonds is 8. The Morgan fingerprint density at radius 3 is 2.52 bits per heavy atom. The molecule has 6 aliphatic heterocycles. The number of phenolic OH excluding ortho intramolecular Hbond substituents is 1. The van der Waals surface area contributed by atoms with Crippen LogP contribution in [0.5, 0.6) is 11.5 Å². The minimum absolute atomic E-state index is 0.0579. The van der Waals surface area contributed by atoms with Gasteiger partial charge >= 0.3 is 0 Å². The third-order valence-electron chi connectivity index (χ3n) is 13.1. The summed E-state index contributed by atoms with van der Waals surface area (Å²) in [4.78, 5) is 46.3. The minimum atomic E-state index is -1.75. The van der Waals surface area contributed by atoms with Gasteiger partial charge < -0.3 is 41.3 Å². The zero-order valence-electron chi connectivity index (χ0n) is 34.3. The van der Waals surface area contributed by atoms with Gasteiger partial charge in [-0.2, -0.15) is 0 Å². The second-order valence-corrected chi connectivity index (χ2v) is 16.8. The van der Waals surface area contributed by atoms with Gasteiger partial charge in [0.1, 0.15) is 23.7 Å². The summed E-state index contributed by atoms with van der Waals surface area (Å²) in [6, 6.07) is 14.3. The Kier molecular flexibility index (Phi) is 12.1. The van der Waals surface area contributed by atoms with Crippen molar-refractivity contribution < 1.29 is 37.4 Å². The minimum Gasteiger partial charge on any atom is -0.504 e. The van der Waals surface area contributed by atoms with Crippen LogP contribution in [0.1, 0.15) is 70.3 Å². The first-order valence-corrected chi connectivity index (χ1v) is 21.0. The number of imide groups is 1. The summed E-state index contributed by atoms with van der Waals surface area (Å²) >= 11 is 0. The van der Waals surface area contributed by atoms with E-state index in [-0.39, 0.29) is 47.5 Å². The highest BCUT2D eigenvalue weighted by Crippen LogP contribution is 2.37. The molecule has 0 radical (unpaired) electrons. The third kappa shape index (κ3) is 8.54. The molecular weight excluding hydrogens is 790 g/mol. The van der Waals surface area contributed by atoms with E-state index >= 15 is 0 Å². The number of hydrogen-bond donors (Lipinski definition) is 5. The summed E-state index contributed by atoms with van der Waals surface area (Å²) < 4.78 is 40.0. The predicted octanol–water partition coefficient (Wildman–Crippen LogP) is 4.31. The lowest BCUT2D eigenvalue weighted by atomic mass is 9.91. The number of amides is 3. The molecule has 0 saturated carbocycles. The Hall–Kier alpha value is -5.90. The van der Waals surface area contributed by atoms with Gasteiger partial charge in [-0.3, -0.25) is 24.6 Å². The molecule has 3 saturated heterocycles. The first-order valence-electron chi connectivity index (χ1n) is 21.0. The van der Waals surface area contributed by atoms with Crippen LogP contribution < -0.4 is 31.7 Å². The summed E-state index contributed by atoms with van der Waals surface area (Å²) in [7, 11) is 0. The predicted molar refractivity (Wildman–Crippen MR) is 224 cm³/mol. The van der Waals surface area contributed by atoms with E-state index in [0.717, 1.165) is 75.4 Å². The number of fused-ring (bicyclic) bond motifs is 3. The monoisotopic (exact) mass is 842 g/mol. The fourth-order valence-electron chi connectivity index (χ4n) is 9.87. The fraction of sp³-hybridized carbons (Fsp3) is 0.444. The molecule has 0 aromatic heterocycles. The van der Waals surface area contributed by atoms with Crippen LogP contribution in [-0.4, -0.2) is 102 Å². The Balaban J connectivity index is 0.00000166. The Labute approximate surface area is 353 Å². The van der Waals surface area contributed by atoms with Crippen molar-refractivity contribution in [3.8, 4) is 11.5 Å². The summed E-state index contributed by atoms with van der Waals surface area (Å²) in [5, 5.41) is 15.9. The van der Waals surface area contributed by atoms with Gasteiger partial charge in [-0.15, -0.1) is 0 Å². The molecule has 6 aliphatic rings. The normalized spacial score (nSPS) is 23.2. The first-order chi connectivity index (χ1) is 29.4. The number of aromatic hydroxyl groups is 1. The largest absolute Gasteiger partial charge is 0.504 e. The van der Waals surface area contributed by atoms with Crippen molar-refractivity contribution in [2.45, 2.75) is 76.7 Å². The molecule has 3 amide bonds. The molecule has 0 aliphatic carbocycles. The van der Waals surface area contributed by atoms with Gasteiger partial charge in [0, 0.05) is 81.2 Å². The number of nitrogens with one attached hydrogen (secondary N) is 2. The van der Waals surface area contributed by atoms with E-state index in [0.29, 0.717) is 49.1 Å². The number of nitrogens with zero attached hydrogens (tertiary/aromatic N) is 4. The number of piperidine rings is 2. The maximum atomic E-state index is 14.0. The molecule has 3 fully saturated rings. The molecule has 0 spiro atoms. The maximum absolute atomic E-state index is 14.0. The number of anilines is 1. The highest BCUT2D eigenvalue weighted by molar-refractivity contribution is 6.05. The maximum Gasteiger partial charge on any atom is 0.255 e. The van der Waals surface area contributed by atoms with Gasteiger partial charge in [-0.05, 0) is 97.2 Å². The standard InChI is InChI=1S/C44H51FN8O5.CH2F2/c1-25-32-13-14-50(21-26-11-15-51(16-12-26)29-7-5-28-23-53(44(57)34(28)18-29)37-8-10-40(54)49-43(37)56)22-27(32)6-9-39(25)58-31-17-30-20-48-42(47)38(52(30)24-31)19-36(46)33-3-2-4-35(45)41(33)55;2-1-3/h2-7,9,18-19,26,30-31,37,48,55H,8,10-17,20-24,46-47H2,1H3,(H,49,54,56);1H2/b36-19-;. The fourth-order valence-corrected chi connectivity index (χ4v) is 9.87. The summed E-state index contributed by atoms with van der Waals surface area (Å²) in [6.07, 6.45) is 6.19. The number of carbonyl (C=O) groups excluding carboxylic acids is 3. The van der Waals surface area contributed by atoms with Gasteiger partial charge in [-0.1, -0.05) is 18.2 Å². The Morgan fingerprint density at radius 2 is 1.75 bits per heavy atom. The average Bonchev–Trinajstić information content (AvgIpc) is 3.81. The number of nitrogens with two attached hydrogens (primary N) is 2. The number of halogens is 3. The number of carbonyl (C=O) groups is 3. The number of alkyl halides is 2. The zero-order chi connectivity index (χ0) is 42.9. The number of ether oxygens (including phenoxy) is 1. The van der Waals surface area contributed by atoms with Crippen molar-refractivity contribution in [3.05, 3.63) is 105 Å². The van der Waals surface area contributed by atoms with Crippen LogP contribution in [0.15, 0.2) is 66.1 Å². The van der Waals surface area contributed by atoms with Gasteiger partial charge in [-0.25, -0.2) is 13.2 Å². The quantitative estimate of drug-likeness (QED) is 0.205. The lowest BCUT2D eigenvalue weighted by Gasteiger charge is -2.38. The van der Waals surface area contributed by atoms with E-state index in [9.17, 15) is 32.7 Å². The van der Waals surface area contributed by atoms with E-state index in [4.69, 9.17) is 16.2 Å². The van der Waals surface area contributed by atoms with Crippen molar-refractivity contribution in [2.75, 3.05) is 51.1 Å². The van der Waals surface area contributed by atoms with Crippen LogP contribution in [0.25, 0.3) is 5.70 Å². The molecule has 16 heteroatoms. The topological polar surface area (TPSA) is 170 Å². The highest BCUT2D eigenvalue weighted by Gasteiger charge is 2.40. The van der Waals surface area contributed by atoms with Crippen LogP contribution in [0.4, 0.5) is 18.9 Å². The van der Waals surface area contributed by atoms with Crippen LogP contribution in [0.3, 0.4) is 0 Å². The second-order valence-electron chi connectivity index (χ2n) is 16.8. The van der Waals surface area contributed by atoms with Crippen LogP contribution in [-0.2, 0) is 29.1 Å². The van der Waals surface area contributed by atoms with Crippen molar-refractivity contribution in [1.82, 2.24) is 25.3 Å². The number of hydrogen-bond acceptors (Lipinski definition) is 11. The van der Waals surface area contributed by atoms with E-state index in [1.54, 1.807) is 17.0 Å². The molecule has 3 aromatic carbocycles. The van der Waals surface area contributed by atoms with Gasteiger partial charge in [0.05, 0.1) is 18.3 Å². The lowest BCUT2D eigenvalue weighted by Crippen LogP contribution is -2.52. The molecule has 13 nitrogen and oxygen atoms in total. The third-order valence-corrected chi connectivity index (χ3v) is 13.1. The molecule has 61 heavy (non-hydrogen) atoms. The molecule has 6 heterocycles. The molecule has 7 N–H and O–H groups in total. The summed E-state index contributed by atoms with van der Waals surface area (Å²) in [6.45, 7) is 6.94. The first kappa shape index (κ1) is 41.8. The lowest BCUT2D eigenvalue weighted by molar-refractivity contribution is -0.136. The number of benzene rings is 3. The van der Waals surface area contributed by atoms with Crippen molar-refractivity contribution in [3.63, 3.8) is 0 Å². The molecule has 0 bridgehead atoms. The van der Waals surface area contributed by atoms with E-state index in [2.05, 4.69) is 50.5 Å². The summed E-state index contributed by atoms with van der Waals surface area (Å²) in [5.74, 6) is -0.0302. The zero-order valence-corrected chi connectivity index (χ0v) is 34.3. The van der Waals surface area contributed by atoms with Crippen LogP contribution in [0.2, 0.25) is 0 Å². The highest BCUT2D eigenvalue weighted by atomic mass is 19.3. The van der Waals surface area contributed by atoms with Crippen molar-refractivity contribution in [2.24, 2.45) is 17.4 Å². The molecule has 9 rings (SSSR count). The average molecular weight is 843 g/mol. The smallest absolute Gasteiger partial charge is 0.255 e. The second kappa shape index (κ2) is 17.6. The summed E-state index contributed by atoms with van der Waals surface area (Å²) in [5.41, 5.74) is 20.5. The number of para-hydroxylation sites is 1. The number of allylic oxidation sites excluding steroid dienone is 1. The van der Waals surface area contributed by atoms with E-state index < -0.39 is 24.5 Å². The SMILES string of the molecule is Cc1c(OC2CC3CNC(N)=C(/C=C(\N)c4cccc(F)c4O)N3C2)ccc2c1CCN(CC1CCN(c3ccc4c(c3)C(=O)N(C3CCC(=O)NC3=O)C4)CC1)C2.FCF. The van der Waals surface area contributed by atoms with Crippen molar-refractivity contribution in [1.29, 1.82) is 0 Å². The molecular formula is C45H53F3N8O5. The van der Waals surface area contributed by atoms with Crippen LogP contribution >= 0.6 is 0 Å².